The SMILES string of the molecule is CCCCCC1CC(CO)C1. The van der Waals surface area contributed by atoms with E-state index in [1.807, 2.05) is 0 Å². The van der Waals surface area contributed by atoms with E-state index in [0.29, 0.717) is 12.5 Å². The van der Waals surface area contributed by atoms with Crippen molar-refractivity contribution in [3.63, 3.8) is 0 Å². The molecule has 0 atom stereocenters. The Morgan fingerprint density at radius 3 is 2.45 bits per heavy atom. The molecule has 0 aliphatic heterocycles. The number of rotatable bonds is 5. The molecular weight excluding hydrogens is 136 g/mol. The van der Waals surface area contributed by atoms with Crippen molar-refractivity contribution in [2.45, 2.75) is 45.4 Å². The number of aliphatic hydroxyl groups is 1. The molecule has 0 aromatic heterocycles. The molecule has 0 radical (unpaired) electrons. The topological polar surface area (TPSA) is 20.2 Å². The maximum Gasteiger partial charge on any atom is 0.0459 e. The lowest BCUT2D eigenvalue weighted by Gasteiger charge is -2.34. The summed E-state index contributed by atoms with van der Waals surface area (Å²) in [5.41, 5.74) is 0. The van der Waals surface area contributed by atoms with E-state index in [-0.39, 0.29) is 0 Å². The van der Waals surface area contributed by atoms with Crippen molar-refractivity contribution in [1.29, 1.82) is 0 Å². The van der Waals surface area contributed by atoms with Gasteiger partial charge >= 0.3 is 0 Å². The van der Waals surface area contributed by atoms with Crippen molar-refractivity contribution in [2.24, 2.45) is 11.8 Å². The van der Waals surface area contributed by atoms with Crippen LogP contribution in [0, 0.1) is 11.8 Å². The fraction of sp³-hybridized carbons (Fsp3) is 1.00. The highest BCUT2D eigenvalue weighted by molar-refractivity contribution is 4.78. The van der Waals surface area contributed by atoms with E-state index in [0.717, 1.165) is 5.92 Å². The first-order valence-corrected chi connectivity index (χ1v) is 4.97. The smallest absolute Gasteiger partial charge is 0.0459 e. The molecule has 1 aliphatic carbocycles. The van der Waals surface area contributed by atoms with Crippen molar-refractivity contribution in [3.8, 4) is 0 Å². The van der Waals surface area contributed by atoms with Gasteiger partial charge in [0.25, 0.3) is 0 Å². The molecule has 1 saturated carbocycles. The van der Waals surface area contributed by atoms with Crippen molar-refractivity contribution in [2.75, 3.05) is 6.61 Å². The van der Waals surface area contributed by atoms with Crippen molar-refractivity contribution >= 4 is 0 Å². The Bertz CT molecular complexity index is 95.0. The highest BCUT2D eigenvalue weighted by Gasteiger charge is 2.27. The molecule has 1 fully saturated rings. The summed E-state index contributed by atoms with van der Waals surface area (Å²) >= 11 is 0. The van der Waals surface area contributed by atoms with Crippen molar-refractivity contribution < 1.29 is 5.11 Å². The highest BCUT2D eigenvalue weighted by atomic mass is 16.3. The molecule has 0 aromatic carbocycles. The van der Waals surface area contributed by atoms with Gasteiger partial charge in [0, 0.05) is 6.61 Å². The van der Waals surface area contributed by atoms with Crippen LogP contribution in [0.1, 0.15) is 45.4 Å². The third-order valence-corrected chi connectivity index (χ3v) is 2.81. The van der Waals surface area contributed by atoms with Gasteiger partial charge in [-0.2, -0.15) is 0 Å². The average molecular weight is 156 g/mol. The number of hydrogen-bond donors (Lipinski definition) is 1. The Morgan fingerprint density at radius 2 is 1.91 bits per heavy atom. The summed E-state index contributed by atoms with van der Waals surface area (Å²) in [6, 6.07) is 0. The molecule has 1 aliphatic rings. The van der Waals surface area contributed by atoms with Crippen LogP contribution in [0.4, 0.5) is 0 Å². The van der Waals surface area contributed by atoms with Crippen molar-refractivity contribution in [3.05, 3.63) is 0 Å². The summed E-state index contributed by atoms with van der Waals surface area (Å²) in [6.07, 6.45) is 8.11. The lowest BCUT2D eigenvalue weighted by Crippen LogP contribution is -2.26. The van der Waals surface area contributed by atoms with E-state index in [2.05, 4.69) is 6.92 Å². The molecule has 0 saturated heterocycles. The number of unbranched alkanes of at least 4 members (excludes halogenated alkanes) is 2. The summed E-state index contributed by atoms with van der Waals surface area (Å²) in [6.45, 7) is 2.67. The monoisotopic (exact) mass is 156 g/mol. The molecule has 0 amide bonds. The minimum absolute atomic E-state index is 0.421. The van der Waals surface area contributed by atoms with Crippen LogP contribution >= 0.6 is 0 Å². The van der Waals surface area contributed by atoms with Crippen LogP contribution in [0.3, 0.4) is 0 Å². The minimum Gasteiger partial charge on any atom is -0.396 e. The van der Waals surface area contributed by atoms with E-state index in [9.17, 15) is 0 Å². The van der Waals surface area contributed by atoms with Crippen LogP contribution in [-0.2, 0) is 0 Å². The molecule has 0 heterocycles. The van der Waals surface area contributed by atoms with Gasteiger partial charge in [0.05, 0.1) is 0 Å². The summed E-state index contributed by atoms with van der Waals surface area (Å²) in [5.74, 6) is 1.61. The maximum atomic E-state index is 8.78. The summed E-state index contributed by atoms with van der Waals surface area (Å²) in [5, 5.41) is 8.78. The molecule has 11 heavy (non-hydrogen) atoms. The molecule has 0 aromatic rings. The van der Waals surface area contributed by atoms with Gasteiger partial charge in [0.15, 0.2) is 0 Å². The zero-order valence-corrected chi connectivity index (χ0v) is 7.55. The van der Waals surface area contributed by atoms with Gasteiger partial charge in [-0.15, -0.1) is 0 Å². The first-order valence-electron chi connectivity index (χ1n) is 4.97. The second kappa shape index (κ2) is 4.76. The Labute approximate surface area is 69.8 Å². The quantitative estimate of drug-likeness (QED) is 0.607. The summed E-state index contributed by atoms with van der Waals surface area (Å²) in [7, 11) is 0. The van der Waals surface area contributed by atoms with Gasteiger partial charge in [-0.25, -0.2) is 0 Å². The third kappa shape index (κ3) is 2.82. The van der Waals surface area contributed by atoms with Crippen molar-refractivity contribution in [1.82, 2.24) is 0 Å². The van der Waals surface area contributed by atoms with Gasteiger partial charge in [0.1, 0.15) is 0 Å². The second-order valence-electron chi connectivity index (χ2n) is 3.88. The molecule has 1 N–H and O–H groups in total. The second-order valence-corrected chi connectivity index (χ2v) is 3.88. The van der Waals surface area contributed by atoms with Gasteiger partial charge in [-0.05, 0) is 24.7 Å². The Morgan fingerprint density at radius 1 is 1.18 bits per heavy atom. The molecule has 1 heteroatoms. The fourth-order valence-corrected chi connectivity index (χ4v) is 1.94. The van der Waals surface area contributed by atoms with Gasteiger partial charge in [0.2, 0.25) is 0 Å². The zero-order chi connectivity index (χ0) is 8.10. The average Bonchev–Trinajstić information content (AvgIpc) is 1.94. The third-order valence-electron chi connectivity index (χ3n) is 2.81. The molecule has 0 spiro atoms. The molecule has 0 bridgehead atoms. The van der Waals surface area contributed by atoms with Crippen LogP contribution in [-0.4, -0.2) is 11.7 Å². The summed E-state index contributed by atoms with van der Waals surface area (Å²) in [4.78, 5) is 0. The Hall–Kier alpha value is -0.0400. The van der Waals surface area contributed by atoms with Crippen LogP contribution in [0.25, 0.3) is 0 Å². The van der Waals surface area contributed by atoms with Crippen LogP contribution in [0.2, 0.25) is 0 Å². The van der Waals surface area contributed by atoms with Gasteiger partial charge < -0.3 is 5.11 Å². The number of aliphatic hydroxyl groups excluding tert-OH is 1. The normalized spacial score (nSPS) is 30.0. The molecule has 66 valence electrons. The van der Waals surface area contributed by atoms with Gasteiger partial charge in [-0.3, -0.25) is 0 Å². The van der Waals surface area contributed by atoms with Gasteiger partial charge in [-0.1, -0.05) is 32.6 Å². The minimum atomic E-state index is 0.421. The lowest BCUT2D eigenvalue weighted by atomic mass is 9.73. The highest BCUT2D eigenvalue weighted by Crippen LogP contribution is 2.36. The largest absolute Gasteiger partial charge is 0.396 e. The zero-order valence-electron chi connectivity index (χ0n) is 7.55. The Balaban J connectivity index is 1.88. The van der Waals surface area contributed by atoms with E-state index in [1.54, 1.807) is 0 Å². The Kier molecular flexibility index (Phi) is 3.92. The fourth-order valence-electron chi connectivity index (χ4n) is 1.94. The summed E-state index contributed by atoms with van der Waals surface area (Å²) < 4.78 is 0. The predicted octanol–water partition coefficient (Wildman–Crippen LogP) is 2.59. The van der Waals surface area contributed by atoms with E-state index in [4.69, 9.17) is 5.11 Å². The first-order chi connectivity index (χ1) is 5.36. The molecular formula is C10H20O. The molecule has 1 rings (SSSR count). The predicted molar refractivity (Wildman–Crippen MR) is 47.4 cm³/mol. The van der Waals surface area contributed by atoms with Crippen LogP contribution < -0.4 is 0 Å². The molecule has 0 unspecified atom stereocenters. The first kappa shape index (κ1) is 9.05. The maximum absolute atomic E-state index is 8.78. The molecule has 1 nitrogen and oxygen atoms in total. The number of hydrogen-bond acceptors (Lipinski definition) is 1. The van der Waals surface area contributed by atoms with E-state index >= 15 is 0 Å². The van der Waals surface area contributed by atoms with E-state index in [1.165, 1.54) is 38.5 Å². The van der Waals surface area contributed by atoms with Crippen LogP contribution in [0.15, 0.2) is 0 Å². The lowest BCUT2D eigenvalue weighted by molar-refractivity contribution is 0.100. The van der Waals surface area contributed by atoms with E-state index < -0.39 is 0 Å². The standard InChI is InChI=1S/C10H20O/c1-2-3-4-5-9-6-10(7-9)8-11/h9-11H,2-8H2,1H3. The van der Waals surface area contributed by atoms with Crippen LogP contribution in [0.5, 0.6) is 0 Å².